The third kappa shape index (κ3) is 2.31. The number of benzene rings is 1. The maximum Gasteiger partial charge on any atom is 0.0679 e. The number of rotatable bonds is 4. The summed E-state index contributed by atoms with van der Waals surface area (Å²) in [6.07, 6.45) is 4.36. The first-order valence-corrected chi connectivity index (χ1v) is 7.07. The van der Waals surface area contributed by atoms with Gasteiger partial charge in [0.05, 0.1) is 12.6 Å². The van der Waals surface area contributed by atoms with E-state index in [0.29, 0.717) is 6.04 Å². The fraction of sp³-hybridized carbons (Fsp3) is 0.438. The number of aliphatic hydroxyl groups is 1. The van der Waals surface area contributed by atoms with E-state index in [4.69, 9.17) is 0 Å². The second-order valence-electron chi connectivity index (χ2n) is 6.13. The standard InChI is InChI=1S/C16H21N3O/c1-16(2)14(10-15(16)20)18-13-7-4-3-6-12(13)11-19-9-5-8-17-19/h3-9,14-15,18,20H,10-11H2,1-2H3. The van der Waals surface area contributed by atoms with Crippen LogP contribution in [0.5, 0.6) is 0 Å². The molecule has 1 aromatic heterocycles. The first-order chi connectivity index (χ1) is 9.57. The summed E-state index contributed by atoms with van der Waals surface area (Å²) in [5, 5.41) is 17.7. The highest BCUT2D eigenvalue weighted by atomic mass is 16.3. The second-order valence-corrected chi connectivity index (χ2v) is 6.13. The van der Waals surface area contributed by atoms with E-state index < -0.39 is 0 Å². The summed E-state index contributed by atoms with van der Waals surface area (Å²) in [5.41, 5.74) is 2.28. The molecule has 4 heteroatoms. The third-order valence-corrected chi connectivity index (χ3v) is 4.45. The predicted molar refractivity (Wildman–Crippen MR) is 79.6 cm³/mol. The van der Waals surface area contributed by atoms with Crippen molar-refractivity contribution < 1.29 is 5.11 Å². The number of anilines is 1. The molecular formula is C16H21N3O. The molecule has 0 radical (unpaired) electrons. The molecule has 2 unspecified atom stereocenters. The quantitative estimate of drug-likeness (QED) is 0.898. The van der Waals surface area contributed by atoms with Gasteiger partial charge in [-0.3, -0.25) is 4.68 Å². The lowest BCUT2D eigenvalue weighted by molar-refractivity contribution is -0.0510. The molecule has 1 aliphatic rings. The van der Waals surface area contributed by atoms with E-state index >= 15 is 0 Å². The van der Waals surface area contributed by atoms with Crippen molar-refractivity contribution in [3.05, 3.63) is 48.3 Å². The highest BCUT2D eigenvalue weighted by Gasteiger charge is 2.47. The normalized spacial score (nSPS) is 24.1. The molecule has 0 aliphatic heterocycles. The van der Waals surface area contributed by atoms with Crippen molar-refractivity contribution in [2.24, 2.45) is 5.41 Å². The van der Waals surface area contributed by atoms with Gasteiger partial charge in [0.15, 0.2) is 0 Å². The molecule has 3 rings (SSSR count). The SMILES string of the molecule is CC1(C)C(O)CC1Nc1ccccc1Cn1cccn1. The number of hydrogen-bond donors (Lipinski definition) is 2. The molecule has 1 heterocycles. The topological polar surface area (TPSA) is 50.1 Å². The Labute approximate surface area is 119 Å². The third-order valence-electron chi connectivity index (χ3n) is 4.45. The molecule has 20 heavy (non-hydrogen) atoms. The smallest absolute Gasteiger partial charge is 0.0679 e. The van der Waals surface area contributed by atoms with Gasteiger partial charge in [-0.1, -0.05) is 32.0 Å². The first-order valence-electron chi connectivity index (χ1n) is 7.07. The van der Waals surface area contributed by atoms with Crippen molar-refractivity contribution in [2.45, 2.75) is 39.0 Å². The van der Waals surface area contributed by atoms with Gasteiger partial charge in [-0.05, 0) is 24.1 Å². The Kier molecular flexibility index (Phi) is 3.26. The van der Waals surface area contributed by atoms with Crippen LogP contribution in [-0.4, -0.2) is 27.0 Å². The summed E-state index contributed by atoms with van der Waals surface area (Å²) in [7, 11) is 0. The minimum Gasteiger partial charge on any atom is -0.392 e. The summed E-state index contributed by atoms with van der Waals surface area (Å²) in [4.78, 5) is 0. The van der Waals surface area contributed by atoms with E-state index in [2.05, 4.69) is 36.4 Å². The van der Waals surface area contributed by atoms with Crippen molar-refractivity contribution in [2.75, 3.05) is 5.32 Å². The van der Waals surface area contributed by atoms with E-state index in [-0.39, 0.29) is 11.5 Å². The van der Waals surface area contributed by atoms with Gasteiger partial charge in [0.1, 0.15) is 0 Å². The van der Waals surface area contributed by atoms with Crippen LogP contribution in [-0.2, 0) is 6.54 Å². The van der Waals surface area contributed by atoms with Gasteiger partial charge in [0, 0.05) is 29.5 Å². The van der Waals surface area contributed by atoms with E-state index in [1.54, 1.807) is 6.20 Å². The Bertz CT molecular complexity index is 577. The van der Waals surface area contributed by atoms with Crippen LogP contribution in [0.4, 0.5) is 5.69 Å². The van der Waals surface area contributed by atoms with Gasteiger partial charge >= 0.3 is 0 Å². The average Bonchev–Trinajstić information content (AvgIpc) is 2.93. The summed E-state index contributed by atoms with van der Waals surface area (Å²) in [6.45, 7) is 4.97. The second kappa shape index (κ2) is 4.94. The lowest BCUT2D eigenvalue weighted by atomic mass is 9.64. The Morgan fingerprint density at radius 1 is 1.35 bits per heavy atom. The molecule has 1 fully saturated rings. The fourth-order valence-corrected chi connectivity index (χ4v) is 2.70. The van der Waals surface area contributed by atoms with Crippen LogP contribution in [0.2, 0.25) is 0 Å². The Balaban J connectivity index is 1.77. The summed E-state index contributed by atoms with van der Waals surface area (Å²) < 4.78 is 1.92. The van der Waals surface area contributed by atoms with Gasteiger partial charge < -0.3 is 10.4 Å². The largest absolute Gasteiger partial charge is 0.392 e. The zero-order chi connectivity index (χ0) is 14.2. The number of hydrogen-bond acceptors (Lipinski definition) is 3. The molecule has 0 bridgehead atoms. The maximum atomic E-state index is 9.85. The zero-order valence-corrected chi connectivity index (χ0v) is 12.0. The van der Waals surface area contributed by atoms with Crippen LogP contribution in [0.1, 0.15) is 25.8 Å². The first kappa shape index (κ1) is 13.2. The summed E-state index contributed by atoms with van der Waals surface area (Å²) >= 11 is 0. The van der Waals surface area contributed by atoms with Crippen molar-refractivity contribution >= 4 is 5.69 Å². The van der Waals surface area contributed by atoms with Gasteiger partial charge in [-0.15, -0.1) is 0 Å². The van der Waals surface area contributed by atoms with Crippen LogP contribution in [0.15, 0.2) is 42.7 Å². The van der Waals surface area contributed by atoms with Crippen LogP contribution in [0.3, 0.4) is 0 Å². The molecule has 1 saturated carbocycles. The highest BCUT2D eigenvalue weighted by Crippen LogP contribution is 2.42. The number of para-hydroxylation sites is 1. The molecule has 0 saturated heterocycles. The predicted octanol–water partition coefficient (Wildman–Crippen LogP) is 2.50. The van der Waals surface area contributed by atoms with Crippen molar-refractivity contribution in [1.29, 1.82) is 0 Å². The molecule has 1 aliphatic carbocycles. The molecule has 1 aromatic carbocycles. The fourth-order valence-electron chi connectivity index (χ4n) is 2.70. The minimum atomic E-state index is -0.210. The van der Waals surface area contributed by atoms with Crippen LogP contribution >= 0.6 is 0 Å². The molecule has 2 aromatic rings. The van der Waals surface area contributed by atoms with Gasteiger partial charge in [-0.2, -0.15) is 5.10 Å². The number of nitrogens with zero attached hydrogens (tertiary/aromatic N) is 2. The minimum absolute atomic E-state index is 0.0706. The molecule has 0 amide bonds. The monoisotopic (exact) mass is 271 g/mol. The van der Waals surface area contributed by atoms with Crippen LogP contribution in [0, 0.1) is 5.41 Å². The molecule has 0 spiro atoms. The number of aromatic nitrogens is 2. The molecule has 106 valence electrons. The van der Waals surface area contributed by atoms with Crippen molar-refractivity contribution in [3.63, 3.8) is 0 Å². The van der Waals surface area contributed by atoms with E-state index in [9.17, 15) is 5.11 Å². The Morgan fingerprint density at radius 2 is 2.15 bits per heavy atom. The van der Waals surface area contributed by atoms with Gasteiger partial charge in [0.2, 0.25) is 0 Å². The van der Waals surface area contributed by atoms with Crippen molar-refractivity contribution in [1.82, 2.24) is 9.78 Å². The molecule has 2 atom stereocenters. The summed E-state index contributed by atoms with van der Waals surface area (Å²) in [6, 6.07) is 10.5. The molecular weight excluding hydrogens is 250 g/mol. The van der Waals surface area contributed by atoms with E-state index in [0.717, 1.165) is 18.7 Å². The molecule has 4 nitrogen and oxygen atoms in total. The van der Waals surface area contributed by atoms with Crippen molar-refractivity contribution in [3.8, 4) is 0 Å². The Morgan fingerprint density at radius 3 is 2.80 bits per heavy atom. The van der Waals surface area contributed by atoms with Gasteiger partial charge in [-0.25, -0.2) is 0 Å². The van der Waals surface area contributed by atoms with E-state index in [1.165, 1.54) is 5.56 Å². The lowest BCUT2D eigenvalue weighted by Gasteiger charge is -2.50. The zero-order valence-electron chi connectivity index (χ0n) is 12.0. The maximum absolute atomic E-state index is 9.85. The highest BCUT2D eigenvalue weighted by molar-refractivity contribution is 5.52. The Hall–Kier alpha value is -1.81. The molecule has 2 N–H and O–H groups in total. The lowest BCUT2D eigenvalue weighted by Crippen LogP contribution is -2.57. The number of nitrogens with one attached hydrogen (secondary N) is 1. The summed E-state index contributed by atoms with van der Waals surface area (Å²) in [5.74, 6) is 0. The average molecular weight is 271 g/mol. The number of aliphatic hydroxyl groups excluding tert-OH is 1. The van der Waals surface area contributed by atoms with Crippen LogP contribution < -0.4 is 5.32 Å². The van der Waals surface area contributed by atoms with E-state index in [1.807, 2.05) is 29.1 Å². The van der Waals surface area contributed by atoms with Gasteiger partial charge in [0.25, 0.3) is 0 Å². The van der Waals surface area contributed by atoms with Crippen LogP contribution in [0.25, 0.3) is 0 Å².